The minimum Gasteiger partial charge on any atom is -0.481 e. The molecule has 1 atom stereocenters. The van der Waals surface area contributed by atoms with Crippen LogP contribution in [-0.4, -0.2) is 38.6 Å². The van der Waals surface area contributed by atoms with Gasteiger partial charge in [0.25, 0.3) is 0 Å². The van der Waals surface area contributed by atoms with Gasteiger partial charge in [-0.25, -0.2) is 4.79 Å². The van der Waals surface area contributed by atoms with Crippen molar-refractivity contribution in [3.05, 3.63) is 0 Å². The maximum atomic E-state index is 10.6. The normalized spacial score (nSPS) is 14.4. The van der Waals surface area contributed by atoms with Crippen molar-refractivity contribution < 1.29 is 29.7 Å². The molecule has 0 heterocycles. The number of carboxylic acids is 2. The van der Waals surface area contributed by atoms with Crippen LogP contribution in [0, 0.1) is 0 Å². The topological polar surface area (TPSA) is 112 Å². The largest absolute Gasteiger partial charge is 0.481 e. The Bertz CT molecular complexity index is 259. The summed E-state index contributed by atoms with van der Waals surface area (Å²) in [6.07, 6.45) is -1.54. The van der Waals surface area contributed by atoms with Crippen LogP contribution < -0.4 is 0 Å². The van der Waals surface area contributed by atoms with Gasteiger partial charge in [-0.3, -0.25) is 9.59 Å². The first kappa shape index (κ1) is 12.6. The summed E-state index contributed by atoms with van der Waals surface area (Å²) in [5.74, 6) is -3.29. The SMILES string of the molecule is CC(=O)CC(O)(CCC(=O)O)C(=O)O. The summed E-state index contributed by atoms with van der Waals surface area (Å²) < 4.78 is 0. The molecule has 0 fully saturated rings. The van der Waals surface area contributed by atoms with Gasteiger partial charge in [0.1, 0.15) is 5.78 Å². The van der Waals surface area contributed by atoms with Crippen LogP contribution in [0.2, 0.25) is 0 Å². The summed E-state index contributed by atoms with van der Waals surface area (Å²) in [4.78, 5) is 31.4. The first-order valence-electron chi connectivity index (χ1n) is 3.95. The van der Waals surface area contributed by atoms with Crippen LogP contribution >= 0.6 is 0 Å². The highest BCUT2D eigenvalue weighted by Crippen LogP contribution is 2.18. The number of carbonyl (C=O) groups is 3. The van der Waals surface area contributed by atoms with Crippen LogP contribution in [0.4, 0.5) is 0 Å². The molecule has 0 saturated carbocycles. The molecule has 0 amide bonds. The quantitative estimate of drug-likeness (QED) is 0.545. The molecular formula is C8H12O6. The average Bonchev–Trinajstić information content (AvgIpc) is 1.99. The van der Waals surface area contributed by atoms with Gasteiger partial charge in [-0.05, 0) is 13.3 Å². The van der Waals surface area contributed by atoms with E-state index >= 15 is 0 Å². The van der Waals surface area contributed by atoms with Crippen LogP contribution in [0.25, 0.3) is 0 Å². The Morgan fingerprint density at radius 3 is 2.00 bits per heavy atom. The molecule has 0 aliphatic rings. The highest BCUT2D eigenvalue weighted by Gasteiger charge is 2.37. The van der Waals surface area contributed by atoms with E-state index in [0.717, 1.165) is 6.92 Å². The zero-order chi connectivity index (χ0) is 11.4. The van der Waals surface area contributed by atoms with Gasteiger partial charge in [0.05, 0.1) is 0 Å². The summed E-state index contributed by atoms with van der Waals surface area (Å²) in [6, 6.07) is 0. The molecule has 0 saturated heterocycles. The number of carboxylic acid groups (broad SMARTS) is 2. The molecule has 0 radical (unpaired) electrons. The first-order valence-corrected chi connectivity index (χ1v) is 3.95. The van der Waals surface area contributed by atoms with Crippen molar-refractivity contribution in [3.63, 3.8) is 0 Å². The van der Waals surface area contributed by atoms with Crippen molar-refractivity contribution in [1.82, 2.24) is 0 Å². The Kier molecular flexibility index (Phi) is 4.23. The van der Waals surface area contributed by atoms with Crippen molar-refractivity contribution in [3.8, 4) is 0 Å². The van der Waals surface area contributed by atoms with E-state index in [-0.39, 0.29) is 0 Å². The van der Waals surface area contributed by atoms with Crippen molar-refractivity contribution in [2.24, 2.45) is 0 Å². The summed E-state index contributed by atoms with van der Waals surface area (Å²) >= 11 is 0. The Hall–Kier alpha value is -1.43. The Balaban J connectivity index is 4.47. The van der Waals surface area contributed by atoms with Crippen molar-refractivity contribution in [1.29, 1.82) is 0 Å². The van der Waals surface area contributed by atoms with Gasteiger partial charge in [0.2, 0.25) is 0 Å². The van der Waals surface area contributed by atoms with E-state index in [4.69, 9.17) is 10.2 Å². The van der Waals surface area contributed by atoms with Crippen LogP contribution in [0.15, 0.2) is 0 Å². The fourth-order valence-electron chi connectivity index (χ4n) is 0.996. The molecule has 14 heavy (non-hydrogen) atoms. The van der Waals surface area contributed by atoms with E-state index in [1.165, 1.54) is 0 Å². The van der Waals surface area contributed by atoms with Crippen molar-refractivity contribution in [2.75, 3.05) is 0 Å². The van der Waals surface area contributed by atoms with Crippen LogP contribution in [-0.2, 0) is 14.4 Å². The van der Waals surface area contributed by atoms with Gasteiger partial charge >= 0.3 is 11.9 Å². The summed E-state index contributed by atoms with van der Waals surface area (Å²) in [6.45, 7) is 1.13. The number of aliphatic hydroxyl groups is 1. The summed E-state index contributed by atoms with van der Waals surface area (Å²) in [7, 11) is 0. The lowest BCUT2D eigenvalue weighted by Gasteiger charge is -2.20. The average molecular weight is 204 g/mol. The number of rotatable bonds is 6. The predicted octanol–water partition coefficient (Wildman–Crippen LogP) is -0.354. The minimum absolute atomic E-state index is 0.475. The number of Topliss-reactive ketones (excluding diaryl/α,β-unsaturated/α-hetero) is 1. The molecule has 6 heteroatoms. The minimum atomic E-state index is -2.26. The molecule has 0 aromatic rings. The van der Waals surface area contributed by atoms with Crippen LogP contribution in [0.5, 0.6) is 0 Å². The Labute approximate surface area is 80.2 Å². The third kappa shape index (κ3) is 3.99. The van der Waals surface area contributed by atoms with Gasteiger partial charge in [0, 0.05) is 12.8 Å². The van der Waals surface area contributed by atoms with Crippen molar-refractivity contribution >= 4 is 17.7 Å². The number of aliphatic carboxylic acids is 2. The van der Waals surface area contributed by atoms with Gasteiger partial charge in [-0.1, -0.05) is 0 Å². The zero-order valence-electron chi connectivity index (χ0n) is 7.69. The summed E-state index contributed by atoms with van der Waals surface area (Å²) in [5, 5.41) is 26.3. The molecule has 0 rings (SSSR count). The second kappa shape index (κ2) is 4.71. The van der Waals surface area contributed by atoms with E-state index in [1.54, 1.807) is 0 Å². The van der Waals surface area contributed by atoms with Gasteiger partial charge in [0.15, 0.2) is 5.60 Å². The van der Waals surface area contributed by atoms with Crippen LogP contribution in [0.1, 0.15) is 26.2 Å². The van der Waals surface area contributed by atoms with Gasteiger partial charge in [-0.15, -0.1) is 0 Å². The highest BCUT2D eigenvalue weighted by atomic mass is 16.4. The number of carbonyl (C=O) groups excluding carboxylic acids is 1. The first-order chi connectivity index (χ1) is 6.28. The molecule has 0 aromatic carbocycles. The second-order valence-corrected chi connectivity index (χ2v) is 3.11. The van der Waals surface area contributed by atoms with E-state index in [2.05, 4.69) is 0 Å². The fraction of sp³-hybridized carbons (Fsp3) is 0.625. The Morgan fingerprint density at radius 1 is 1.21 bits per heavy atom. The lowest BCUT2D eigenvalue weighted by molar-refractivity contribution is -0.163. The predicted molar refractivity (Wildman–Crippen MR) is 44.8 cm³/mol. The maximum Gasteiger partial charge on any atom is 0.336 e. The molecular weight excluding hydrogens is 192 g/mol. The third-order valence-corrected chi connectivity index (χ3v) is 1.69. The molecule has 0 aromatic heterocycles. The molecule has 0 bridgehead atoms. The lowest BCUT2D eigenvalue weighted by atomic mass is 9.92. The molecule has 80 valence electrons. The van der Waals surface area contributed by atoms with E-state index < -0.39 is 42.6 Å². The maximum absolute atomic E-state index is 10.6. The van der Waals surface area contributed by atoms with E-state index in [1.807, 2.05) is 0 Å². The van der Waals surface area contributed by atoms with Gasteiger partial charge < -0.3 is 15.3 Å². The number of hydrogen-bond acceptors (Lipinski definition) is 4. The molecule has 0 aliphatic heterocycles. The van der Waals surface area contributed by atoms with Gasteiger partial charge in [-0.2, -0.15) is 0 Å². The van der Waals surface area contributed by atoms with Crippen molar-refractivity contribution in [2.45, 2.75) is 31.8 Å². The monoisotopic (exact) mass is 204 g/mol. The fourth-order valence-corrected chi connectivity index (χ4v) is 0.996. The standard InChI is InChI=1S/C8H12O6/c1-5(9)4-8(14,7(12)13)3-2-6(10)11/h14H,2-4H2,1H3,(H,10,11)(H,12,13). The highest BCUT2D eigenvalue weighted by molar-refractivity contribution is 5.87. The molecule has 0 aliphatic carbocycles. The second-order valence-electron chi connectivity index (χ2n) is 3.11. The third-order valence-electron chi connectivity index (χ3n) is 1.69. The Morgan fingerprint density at radius 2 is 1.71 bits per heavy atom. The zero-order valence-corrected chi connectivity index (χ0v) is 7.69. The van der Waals surface area contributed by atoms with E-state index in [9.17, 15) is 19.5 Å². The molecule has 1 unspecified atom stereocenters. The molecule has 3 N–H and O–H groups in total. The molecule has 6 nitrogen and oxygen atoms in total. The smallest absolute Gasteiger partial charge is 0.336 e. The number of ketones is 1. The number of hydrogen-bond donors (Lipinski definition) is 3. The molecule has 0 spiro atoms. The van der Waals surface area contributed by atoms with E-state index in [0.29, 0.717) is 0 Å². The lowest BCUT2D eigenvalue weighted by Crippen LogP contribution is -2.40. The summed E-state index contributed by atoms with van der Waals surface area (Å²) in [5.41, 5.74) is -2.26. The van der Waals surface area contributed by atoms with Crippen LogP contribution in [0.3, 0.4) is 0 Å².